The number of hydrogen-bond donors (Lipinski definition) is 0. The smallest absolute Gasteiger partial charge is 0.419 e. The van der Waals surface area contributed by atoms with Crippen LogP contribution in [0.25, 0.3) is 10.9 Å². The van der Waals surface area contributed by atoms with Gasteiger partial charge in [-0.1, -0.05) is 43.6 Å². The van der Waals surface area contributed by atoms with Crippen LogP contribution < -0.4 is 0 Å². The van der Waals surface area contributed by atoms with E-state index in [2.05, 4.69) is 13.8 Å². The fourth-order valence-electron chi connectivity index (χ4n) is 1.93. The van der Waals surface area contributed by atoms with Crippen molar-refractivity contribution in [1.29, 1.82) is 0 Å². The molecule has 1 aromatic carbocycles. The molecule has 1 heterocycles. The van der Waals surface area contributed by atoms with Gasteiger partial charge < -0.3 is 4.74 Å². The molecule has 90 valence electrons. The molecule has 0 aliphatic rings. The summed E-state index contributed by atoms with van der Waals surface area (Å²) in [5.74, 6) is 0.352. The first-order valence-corrected chi connectivity index (χ1v) is 6.01. The molecule has 0 radical (unpaired) electrons. The van der Waals surface area contributed by atoms with E-state index in [1.165, 1.54) is 4.57 Å². The minimum absolute atomic E-state index is 0.137. The SMILES string of the molecule is CC(C)c1cn(C(=O)OCCl)c2ccccc12. The Labute approximate surface area is 105 Å². The zero-order valence-corrected chi connectivity index (χ0v) is 10.6. The van der Waals surface area contributed by atoms with Gasteiger partial charge in [-0.25, -0.2) is 4.79 Å². The maximum atomic E-state index is 11.8. The van der Waals surface area contributed by atoms with E-state index in [0.29, 0.717) is 5.92 Å². The molecule has 0 amide bonds. The number of alkyl halides is 1. The number of hydrogen-bond acceptors (Lipinski definition) is 2. The molecular formula is C13H14ClNO2. The second-order valence-electron chi connectivity index (χ2n) is 4.15. The Balaban J connectivity index is 2.60. The Morgan fingerprint density at radius 3 is 2.76 bits per heavy atom. The number of carbonyl (C=O) groups is 1. The van der Waals surface area contributed by atoms with Crippen LogP contribution in [0.4, 0.5) is 4.79 Å². The predicted octanol–water partition coefficient (Wildman–Crippen LogP) is 3.95. The number of carbonyl (C=O) groups excluding carboxylic acids is 1. The van der Waals surface area contributed by atoms with Crippen molar-refractivity contribution < 1.29 is 9.53 Å². The fraction of sp³-hybridized carbons (Fsp3) is 0.308. The minimum atomic E-state index is -0.442. The van der Waals surface area contributed by atoms with Crippen LogP contribution in [0, 0.1) is 0 Å². The lowest BCUT2D eigenvalue weighted by atomic mass is 10.0. The Morgan fingerprint density at radius 2 is 2.12 bits per heavy atom. The molecule has 1 aromatic heterocycles. The van der Waals surface area contributed by atoms with Gasteiger partial charge in [0.1, 0.15) is 0 Å². The van der Waals surface area contributed by atoms with Crippen LogP contribution in [0.5, 0.6) is 0 Å². The molecule has 0 bridgehead atoms. The highest BCUT2D eigenvalue weighted by atomic mass is 35.5. The van der Waals surface area contributed by atoms with Crippen molar-refractivity contribution in [3.8, 4) is 0 Å². The van der Waals surface area contributed by atoms with Crippen LogP contribution in [0.2, 0.25) is 0 Å². The van der Waals surface area contributed by atoms with Gasteiger partial charge >= 0.3 is 6.09 Å². The highest BCUT2D eigenvalue weighted by Gasteiger charge is 2.15. The van der Waals surface area contributed by atoms with E-state index in [4.69, 9.17) is 16.3 Å². The molecule has 0 saturated carbocycles. The van der Waals surface area contributed by atoms with Crippen LogP contribution in [0.15, 0.2) is 30.5 Å². The number of ether oxygens (including phenoxy) is 1. The maximum Gasteiger partial charge on any atom is 0.419 e. The average Bonchev–Trinajstić information content (AvgIpc) is 2.69. The number of para-hydroxylation sites is 1. The standard InChI is InChI=1S/C13H14ClNO2/c1-9(2)11-7-15(13(16)17-8-14)12-6-4-3-5-10(11)12/h3-7,9H,8H2,1-2H3. The third-order valence-corrected chi connectivity index (χ3v) is 2.85. The fourth-order valence-corrected chi connectivity index (χ4v) is 2.03. The zero-order chi connectivity index (χ0) is 12.4. The molecule has 4 heteroatoms. The third kappa shape index (κ3) is 2.15. The van der Waals surface area contributed by atoms with Gasteiger partial charge in [0.05, 0.1) is 5.52 Å². The van der Waals surface area contributed by atoms with Gasteiger partial charge in [-0.05, 0) is 17.5 Å². The highest BCUT2D eigenvalue weighted by molar-refractivity contribution is 6.17. The number of fused-ring (bicyclic) bond motifs is 1. The second kappa shape index (κ2) is 4.80. The Kier molecular flexibility index (Phi) is 3.38. The van der Waals surface area contributed by atoms with Crippen molar-refractivity contribution in [3.63, 3.8) is 0 Å². The normalized spacial score (nSPS) is 11.1. The molecule has 3 nitrogen and oxygen atoms in total. The van der Waals surface area contributed by atoms with Gasteiger partial charge in [0.2, 0.25) is 0 Å². The second-order valence-corrected chi connectivity index (χ2v) is 4.36. The molecule has 0 unspecified atom stereocenters. The van der Waals surface area contributed by atoms with Crippen molar-refractivity contribution >= 4 is 28.6 Å². The molecule has 0 spiro atoms. The van der Waals surface area contributed by atoms with E-state index in [-0.39, 0.29) is 6.07 Å². The summed E-state index contributed by atoms with van der Waals surface area (Å²) >= 11 is 5.41. The molecular weight excluding hydrogens is 238 g/mol. The summed E-state index contributed by atoms with van der Waals surface area (Å²) in [5, 5.41) is 1.08. The molecule has 0 aliphatic heterocycles. The summed E-state index contributed by atoms with van der Waals surface area (Å²) in [4.78, 5) is 11.8. The van der Waals surface area contributed by atoms with Crippen molar-refractivity contribution in [2.75, 3.05) is 6.07 Å². The lowest BCUT2D eigenvalue weighted by Gasteiger charge is -2.02. The summed E-state index contributed by atoms with van der Waals surface area (Å²) in [6.45, 7) is 4.19. The predicted molar refractivity (Wildman–Crippen MR) is 68.6 cm³/mol. The summed E-state index contributed by atoms with van der Waals surface area (Å²) in [5.41, 5.74) is 1.98. The topological polar surface area (TPSA) is 31.2 Å². The maximum absolute atomic E-state index is 11.8. The van der Waals surface area contributed by atoms with Crippen molar-refractivity contribution in [3.05, 3.63) is 36.0 Å². The lowest BCUT2D eigenvalue weighted by molar-refractivity contribution is 0.167. The molecule has 0 saturated heterocycles. The highest BCUT2D eigenvalue weighted by Crippen LogP contribution is 2.27. The molecule has 0 atom stereocenters. The van der Waals surface area contributed by atoms with Crippen LogP contribution in [0.1, 0.15) is 25.3 Å². The monoisotopic (exact) mass is 251 g/mol. The Bertz CT molecular complexity index is 545. The first-order chi connectivity index (χ1) is 8.15. The minimum Gasteiger partial charge on any atom is -0.433 e. The van der Waals surface area contributed by atoms with E-state index in [1.54, 1.807) is 0 Å². The van der Waals surface area contributed by atoms with E-state index in [9.17, 15) is 4.79 Å². The Morgan fingerprint density at radius 1 is 1.41 bits per heavy atom. The van der Waals surface area contributed by atoms with Crippen molar-refractivity contribution in [2.24, 2.45) is 0 Å². The van der Waals surface area contributed by atoms with Gasteiger partial charge in [-0.3, -0.25) is 4.57 Å². The van der Waals surface area contributed by atoms with E-state index >= 15 is 0 Å². The van der Waals surface area contributed by atoms with Crippen LogP contribution in [-0.4, -0.2) is 16.7 Å². The van der Waals surface area contributed by atoms with Crippen molar-refractivity contribution in [2.45, 2.75) is 19.8 Å². The summed E-state index contributed by atoms with van der Waals surface area (Å²) < 4.78 is 6.33. The number of halogens is 1. The zero-order valence-electron chi connectivity index (χ0n) is 9.81. The summed E-state index contributed by atoms with van der Waals surface area (Å²) in [7, 11) is 0. The number of benzene rings is 1. The van der Waals surface area contributed by atoms with Crippen LogP contribution >= 0.6 is 11.6 Å². The third-order valence-electron chi connectivity index (χ3n) is 2.74. The average molecular weight is 252 g/mol. The van der Waals surface area contributed by atoms with Crippen molar-refractivity contribution in [1.82, 2.24) is 4.57 Å². The van der Waals surface area contributed by atoms with Gasteiger partial charge in [0.15, 0.2) is 6.07 Å². The number of rotatable bonds is 2. The lowest BCUT2D eigenvalue weighted by Crippen LogP contribution is -2.11. The first kappa shape index (κ1) is 12.0. The van der Waals surface area contributed by atoms with Gasteiger partial charge in [0.25, 0.3) is 0 Å². The van der Waals surface area contributed by atoms with E-state index < -0.39 is 6.09 Å². The molecule has 0 fully saturated rings. The quantitative estimate of drug-likeness (QED) is 0.757. The van der Waals surface area contributed by atoms with E-state index in [0.717, 1.165) is 16.5 Å². The van der Waals surface area contributed by atoms with Gasteiger partial charge in [-0.2, -0.15) is 0 Å². The molecule has 17 heavy (non-hydrogen) atoms. The van der Waals surface area contributed by atoms with Gasteiger partial charge in [0, 0.05) is 11.6 Å². The first-order valence-electron chi connectivity index (χ1n) is 5.48. The summed E-state index contributed by atoms with van der Waals surface area (Å²) in [6, 6.07) is 7.64. The van der Waals surface area contributed by atoms with E-state index in [1.807, 2.05) is 30.5 Å². The number of aromatic nitrogens is 1. The molecule has 0 N–H and O–H groups in total. The molecule has 2 rings (SSSR count). The van der Waals surface area contributed by atoms with Gasteiger partial charge in [-0.15, -0.1) is 0 Å². The van der Waals surface area contributed by atoms with Crippen LogP contribution in [0.3, 0.4) is 0 Å². The number of nitrogens with zero attached hydrogens (tertiary/aromatic N) is 1. The molecule has 0 aliphatic carbocycles. The molecule has 2 aromatic rings. The summed E-state index contributed by atoms with van der Waals surface area (Å²) in [6.07, 6.45) is 1.38. The largest absolute Gasteiger partial charge is 0.433 e. The van der Waals surface area contributed by atoms with Crippen LogP contribution in [-0.2, 0) is 4.74 Å². The Hall–Kier alpha value is -1.48.